The van der Waals surface area contributed by atoms with E-state index in [2.05, 4.69) is 10.9 Å². The average molecular weight is 271 g/mol. The van der Waals surface area contributed by atoms with Gasteiger partial charge in [-0.05, 0) is 26.3 Å². The number of carbonyl (C=O) groups is 3. The van der Waals surface area contributed by atoms with Crippen LogP contribution in [-0.2, 0) is 19.1 Å². The minimum absolute atomic E-state index is 0.163. The van der Waals surface area contributed by atoms with Crippen molar-refractivity contribution in [1.82, 2.24) is 15.8 Å². The Kier molecular flexibility index (Phi) is 6.27. The molecule has 1 heterocycles. The molecular weight excluding hydrogens is 250 g/mol. The summed E-state index contributed by atoms with van der Waals surface area (Å²) in [5.74, 6) is -0.979. The summed E-state index contributed by atoms with van der Waals surface area (Å²) in [4.78, 5) is 35.7. The topological polar surface area (TPSA) is 87.7 Å². The number of nitrogens with one attached hydrogen (secondary N) is 2. The molecule has 1 fully saturated rings. The Bertz CT molecular complexity index is 346. The number of esters is 1. The van der Waals surface area contributed by atoms with Crippen molar-refractivity contribution in [1.29, 1.82) is 0 Å². The number of likely N-dealkylation sites (tertiary alicyclic amines) is 1. The second-order valence-electron chi connectivity index (χ2n) is 4.56. The zero-order chi connectivity index (χ0) is 14.3. The van der Waals surface area contributed by atoms with Gasteiger partial charge in [0, 0.05) is 13.5 Å². The number of carbonyl (C=O) groups excluding carboxylic acids is 3. The van der Waals surface area contributed by atoms with Gasteiger partial charge >= 0.3 is 5.97 Å². The predicted molar refractivity (Wildman–Crippen MR) is 67.8 cm³/mol. The quantitative estimate of drug-likeness (QED) is 0.528. The second-order valence-corrected chi connectivity index (χ2v) is 4.56. The first-order valence-corrected chi connectivity index (χ1v) is 6.47. The molecule has 108 valence electrons. The van der Waals surface area contributed by atoms with Crippen LogP contribution >= 0.6 is 0 Å². The predicted octanol–water partition coefficient (Wildman–Crippen LogP) is -0.571. The number of hydrogen-bond acceptors (Lipinski definition) is 5. The van der Waals surface area contributed by atoms with Crippen molar-refractivity contribution in [3.05, 3.63) is 0 Å². The fraction of sp³-hybridized carbons (Fsp3) is 0.750. The first-order valence-electron chi connectivity index (χ1n) is 6.47. The van der Waals surface area contributed by atoms with Gasteiger partial charge in [0.25, 0.3) is 5.91 Å². The Balaban J connectivity index is 2.36. The highest BCUT2D eigenvalue weighted by Crippen LogP contribution is 2.17. The molecule has 2 amide bonds. The van der Waals surface area contributed by atoms with E-state index in [0.717, 1.165) is 19.4 Å². The van der Waals surface area contributed by atoms with Gasteiger partial charge in [-0.25, -0.2) is 0 Å². The number of ether oxygens (including phenoxy) is 1. The molecule has 1 unspecified atom stereocenters. The summed E-state index contributed by atoms with van der Waals surface area (Å²) in [6.45, 7) is 4.92. The van der Waals surface area contributed by atoms with Crippen molar-refractivity contribution in [3.63, 3.8) is 0 Å². The monoisotopic (exact) mass is 271 g/mol. The van der Waals surface area contributed by atoms with E-state index >= 15 is 0 Å². The molecule has 1 saturated heterocycles. The lowest BCUT2D eigenvalue weighted by atomic mass is 9.98. The van der Waals surface area contributed by atoms with Gasteiger partial charge in [-0.3, -0.25) is 30.1 Å². The van der Waals surface area contributed by atoms with Crippen LogP contribution in [0.4, 0.5) is 0 Å². The van der Waals surface area contributed by atoms with E-state index in [0.29, 0.717) is 13.2 Å². The molecule has 0 aromatic heterocycles. The zero-order valence-electron chi connectivity index (χ0n) is 11.4. The molecule has 0 saturated carbocycles. The number of hydrogen-bond donors (Lipinski definition) is 2. The number of amides is 2. The molecule has 1 aliphatic rings. The minimum atomic E-state index is -0.323. The lowest BCUT2D eigenvalue weighted by molar-refractivity contribution is -0.150. The summed E-state index contributed by atoms with van der Waals surface area (Å²) >= 11 is 0. The van der Waals surface area contributed by atoms with Gasteiger partial charge in [-0.15, -0.1) is 0 Å². The van der Waals surface area contributed by atoms with Gasteiger partial charge in [0.15, 0.2) is 0 Å². The highest BCUT2D eigenvalue weighted by atomic mass is 16.5. The maximum Gasteiger partial charge on any atom is 0.310 e. The van der Waals surface area contributed by atoms with Crippen molar-refractivity contribution >= 4 is 17.8 Å². The van der Waals surface area contributed by atoms with Crippen LogP contribution in [0.3, 0.4) is 0 Å². The molecule has 1 rings (SSSR count). The third-order valence-electron chi connectivity index (χ3n) is 2.87. The highest BCUT2D eigenvalue weighted by molar-refractivity contribution is 5.82. The van der Waals surface area contributed by atoms with Gasteiger partial charge in [0.05, 0.1) is 19.1 Å². The SMILES string of the molecule is CCOC(=O)C1CCCN(CC(=O)NNC(C)=O)C1. The molecule has 0 aromatic rings. The Morgan fingerprint density at radius 2 is 2.05 bits per heavy atom. The Hall–Kier alpha value is -1.63. The van der Waals surface area contributed by atoms with Gasteiger partial charge in [-0.2, -0.15) is 0 Å². The van der Waals surface area contributed by atoms with Crippen molar-refractivity contribution in [3.8, 4) is 0 Å². The Labute approximate surface area is 112 Å². The van der Waals surface area contributed by atoms with Crippen molar-refractivity contribution in [2.75, 3.05) is 26.2 Å². The molecule has 7 nitrogen and oxygen atoms in total. The van der Waals surface area contributed by atoms with E-state index in [1.807, 2.05) is 4.90 Å². The molecule has 1 atom stereocenters. The van der Waals surface area contributed by atoms with E-state index in [1.165, 1.54) is 6.92 Å². The highest BCUT2D eigenvalue weighted by Gasteiger charge is 2.27. The molecule has 1 aliphatic heterocycles. The molecule has 0 radical (unpaired) electrons. The van der Waals surface area contributed by atoms with Crippen molar-refractivity contribution in [2.24, 2.45) is 5.92 Å². The lowest BCUT2D eigenvalue weighted by Gasteiger charge is -2.30. The number of hydrazine groups is 1. The van der Waals surface area contributed by atoms with Crippen LogP contribution in [0.1, 0.15) is 26.7 Å². The third-order valence-corrected chi connectivity index (χ3v) is 2.87. The van der Waals surface area contributed by atoms with E-state index < -0.39 is 0 Å². The van der Waals surface area contributed by atoms with Crippen molar-refractivity contribution in [2.45, 2.75) is 26.7 Å². The Morgan fingerprint density at radius 1 is 1.32 bits per heavy atom. The van der Waals surface area contributed by atoms with Crippen LogP contribution in [0.2, 0.25) is 0 Å². The van der Waals surface area contributed by atoms with Crippen molar-refractivity contribution < 1.29 is 19.1 Å². The number of rotatable bonds is 4. The fourth-order valence-electron chi connectivity index (χ4n) is 2.05. The van der Waals surface area contributed by atoms with Crippen LogP contribution in [-0.4, -0.2) is 48.9 Å². The fourth-order valence-corrected chi connectivity index (χ4v) is 2.05. The second kappa shape index (κ2) is 7.73. The lowest BCUT2D eigenvalue weighted by Crippen LogP contribution is -2.48. The van der Waals surface area contributed by atoms with Gasteiger partial charge in [0.2, 0.25) is 5.91 Å². The summed E-state index contributed by atoms with van der Waals surface area (Å²) in [5.41, 5.74) is 4.53. The minimum Gasteiger partial charge on any atom is -0.466 e. The number of nitrogens with zero attached hydrogens (tertiary/aromatic N) is 1. The third kappa shape index (κ3) is 5.69. The van der Waals surface area contributed by atoms with Crippen LogP contribution in [0, 0.1) is 5.92 Å². The largest absolute Gasteiger partial charge is 0.466 e. The van der Waals surface area contributed by atoms with Gasteiger partial charge < -0.3 is 4.74 Å². The summed E-state index contributed by atoms with van der Waals surface area (Å²) in [6.07, 6.45) is 1.65. The molecule has 19 heavy (non-hydrogen) atoms. The number of piperidine rings is 1. The van der Waals surface area contributed by atoms with Gasteiger partial charge in [0.1, 0.15) is 0 Å². The van der Waals surface area contributed by atoms with E-state index in [4.69, 9.17) is 4.74 Å². The Morgan fingerprint density at radius 3 is 2.68 bits per heavy atom. The van der Waals surface area contributed by atoms with Crippen LogP contribution in [0.15, 0.2) is 0 Å². The molecule has 7 heteroatoms. The maximum absolute atomic E-state index is 11.6. The van der Waals surface area contributed by atoms with Crippen LogP contribution in [0.25, 0.3) is 0 Å². The summed E-state index contributed by atoms with van der Waals surface area (Å²) in [7, 11) is 0. The molecule has 0 bridgehead atoms. The molecule has 0 spiro atoms. The summed E-state index contributed by atoms with van der Waals surface area (Å²) in [6, 6.07) is 0. The van der Waals surface area contributed by atoms with Gasteiger partial charge in [-0.1, -0.05) is 0 Å². The molecule has 0 aliphatic carbocycles. The first-order chi connectivity index (χ1) is 9.02. The zero-order valence-corrected chi connectivity index (χ0v) is 11.4. The first kappa shape index (κ1) is 15.4. The summed E-state index contributed by atoms with van der Waals surface area (Å²) < 4.78 is 4.99. The standard InChI is InChI=1S/C12H21N3O4/c1-3-19-12(18)10-5-4-6-15(7-10)8-11(17)14-13-9(2)16/h10H,3-8H2,1-2H3,(H,13,16)(H,14,17). The van der Waals surface area contributed by atoms with Crippen LogP contribution in [0.5, 0.6) is 0 Å². The normalized spacial score (nSPS) is 19.6. The maximum atomic E-state index is 11.6. The molecular formula is C12H21N3O4. The molecule has 0 aromatic carbocycles. The smallest absolute Gasteiger partial charge is 0.310 e. The van der Waals surface area contributed by atoms with Crippen LogP contribution < -0.4 is 10.9 Å². The van der Waals surface area contributed by atoms with E-state index in [1.54, 1.807) is 6.92 Å². The summed E-state index contributed by atoms with van der Waals surface area (Å²) in [5, 5.41) is 0. The van der Waals surface area contributed by atoms with E-state index in [-0.39, 0.29) is 30.2 Å². The van der Waals surface area contributed by atoms with E-state index in [9.17, 15) is 14.4 Å². The molecule has 2 N–H and O–H groups in total. The average Bonchev–Trinajstić information content (AvgIpc) is 2.37.